The molecule has 0 aliphatic rings. The van der Waals surface area contributed by atoms with Crippen LogP contribution >= 0.6 is 0 Å². The van der Waals surface area contributed by atoms with Gasteiger partial charge in [0.2, 0.25) is 0 Å². The van der Waals surface area contributed by atoms with E-state index >= 15 is 0 Å². The Balaban J connectivity index is 1.74. The Bertz CT molecular complexity index is 1220. The fourth-order valence-electron chi connectivity index (χ4n) is 2.98. The Morgan fingerprint density at radius 1 is 0.800 bits per heavy atom. The molecule has 12 heteroatoms. The minimum absolute atomic E-state index is 0.166. The van der Waals surface area contributed by atoms with Crippen molar-refractivity contribution in [2.45, 2.75) is 6.18 Å². The van der Waals surface area contributed by atoms with Gasteiger partial charge in [0.15, 0.2) is 0 Å². The summed E-state index contributed by atoms with van der Waals surface area (Å²) in [4.78, 5) is 25.8. The molecule has 35 heavy (non-hydrogen) atoms. The summed E-state index contributed by atoms with van der Waals surface area (Å²) in [6.07, 6.45) is -4.68. The van der Waals surface area contributed by atoms with Gasteiger partial charge in [0.1, 0.15) is 17.5 Å². The number of anilines is 3. The fraction of sp³-hybridized carbons (Fsp3) is 0.130. The van der Waals surface area contributed by atoms with Crippen LogP contribution < -0.4 is 20.9 Å². The molecular weight excluding hydrogens is 478 g/mol. The molecule has 3 aromatic rings. The van der Waals surface area contributed by atoms with Crippen LogP contribution in [0.5, 0.6) is 0 Å². The number of nitrogens with zero attached hydrogens (tertiary/aromatic N) is 1. The molecule has 0 radical (unpaired) electrons. The Hall–Kier alpha value is -4.22. The number of benzene rings is 3. The topological polar surface area (TPSA) is 73.5 Å². The molecule has 3 aromatic carbocycles. The first-order chi connectivity index (χ1) is 16.5. The van der Waals surface area contributed by atoms with Gasteiger partial charge < -0.3 is 16.0 Å². The second-order valence-electron chi connectivity index (χ2n) is 7.11. The molecule has 0 aliphatic heterocycles. The highest BCUT2D eigenvalue weighted by molar-refractivity contribution is 6.02. The van der Waals surface area contributed by atoms with Crippen LogP contribution in [0.2, 0.25) is 0 Å². The number of hydrogen-bond donors (Lipinski definition) is 3. The highest BCUT2D eigenvalue weighted by Crippen LogP contribution is 2.32. The normalized spacial score (nSPS) is 11.0. The number of alkyl halides is 3. The number of urea groups is 2. The van der Waals surface area contributed by atoms with Gasteiger partial charge in [0, 0.05) is 24.8 Å². The Morgan fingerprint density at radius 2 is 1.51 bits per heavy atom. The molecule has 4 amide bonds. The third kappa shape index (κ3) is 6.88. The number of amides is 4. The monoisotopic (exact) mass is 496 g/mol. The summed E-state index contributed by atoms with van der Waals surface area (Å²) in [5.74, 6) is -2.62. The van der Waals surface area contributed by atoms with Gasteiger partial charge in [-0.15, -0.1) is 0 Å². The lowest BCUT2D eigenvalue weighted by atomic mass is 10.2. The highest BCUT2D eigenvalue weighted by atomic mass is 19.4. The molecule has 0 spiro atoms. The molecule has 0 unspecified atom stereocenters. The molecule has 184 valence electrons. The van der Waals surface area contributed by atoms with Crippen molar-refractivity contribution >= 4 is 29.1 Å². The largest absolute Gasteiger partial charge is 0.416 e. The third-order valence-electron chi connectivity index (χ3n) is 4.65. The SMILES string of the molecule is O=C(NCCN(C(=O)Nc1ccccc1F)c1cccc(C(F)(F)F)c1)Nc1ccc(F)cc1F. The summed E-state index contributed by atoms with van der Waals surface area (Å²) in [6.45, 7) is -0.615. The van der Waals surface area contributed by atoms with E-state index in [4.69, 9.17) is 0 Å². The first-order valence-electron chi connectivity index (χ1n) is 10.0. The molecule has 0 atom stereocenters. The van der Waals surface area contributed by atoms with Crippen LogP contribution in [0, 0.1) is 17.5 Å². The zero-order chi connectivity index (χ0) is 25.6. The first kappa shape index (κ1) is 25.4. The average Bonchev–Trinajstić information content (AvgIpc) is 2.79. The lowest BCUT2D eigenvalue weighted by Gasteiger charge is -2.24. The molecule has 0 fully saturated rings. The van der Waals surface area contributed by atoms with E-state index < -0.39 is 41.3 Å². The number of nitrogens with one attached hydrogen (secondary N) is 3. The lowest BCUT2D eigenvalue weighted by Crippen LogP contribution is -2.42. The second kappa shape index (κ2) is 10.8. The van der Waals surface area contributed by atoms with Gasteiger partial charge in [-0.3, -0.25) is 4.90 Å². The van der Waals surface area contributed by atoms with Crippen LogP contribution in [-0.2, 0) is 6.18 Å². The maximum absolute atomic E-state index is 14.0. The van der Waals surface area contributed by atoms with Crippen LogP contribution in [0.15, 0.2) is 66.7 Å². The van der Waals surface area contributed by atoms with E-state index in [-0.39, 0.29) is 30.2 Å². The molecular formula is C23H18F6N4O2. The maximum Gasteiger partial charge on any atom is 0.416 e. The van der Waals surface area contributed by atoms with Crippen molar-refractivity contribution in [3.63, 3.8) is 0 Å². The van der Waals surface area contributed by atoms with Gasteiger partial charge in [0.25, 0.3) is 0 Å². The highest BCUT2D eigenvalue weighted by Gasteiger charge is 2.31. The van der Waals surface area contributed by atoms with Gasteiger partial charge in [-0.05, 0) is 42.5 Å². The van der Waals surface area contributed by atoms with Crippen LogP contribution in [0.25, 0.3) is 0 Å². The minimum atomic E-state index is -4.68. The standard InChI is InChI=1S/C23H18F6N4O2/c24-15-8-9-20(18(26)13-15)31-21(34)30-10-11-33(16-5-3-4-14(12-16)23(27,28)29)22(35)32-19-7-2-1-6-17(19)25/h1-9,12-13H,10-11H2,(H,32,35)(H2,30,31,34). The number of para-hydroxylation sites is 1. The molecule has 0 saturated heterocycles. The molecule has 6 nitrogen and oxygen atoms in total. The van der Waals surface area contributed by atoms with E-state index in [1.165, 1.54) is 24.3 Å². The maximum atomic E-state index is 14.0. The van der Waals surface area contributed by atoms with Gasteiger partial charge in [-0.1, -0.05) is 18.2 Å². The average molecular weight is 496 g/mol. The lowest BCUT2D eigenvalue weighted by molar-refractivity contribution is -0.137. The van der Waals surface area contributed by atoms with Crippen molar-refractivity contribution in [3.8, 4) is 0 Å². The van der Waals surface area contributed by atoms with E-state index in [0.717, 1.165) is 41.3 Å². The Labute approximate surface area is 195 Å². The van der Waals surface area contributed by atoms with Crippen molar-refractivity contribution in [2.24, 2.45) is 0 Å². The second-order valence-corrected chi connectivity index (χ2v) is 7.11. The van der Waals surface area contributed by atoms with Crippen molar-refractivity contribution < 1.29 is 35.9 Å². The Kier molecular flexibility index (Phi) is 7.84. The van der Waals surface area contributed by atoms with Gasteiger partial charge in [-0.2, -0.15) is 13.2 Å². The zero-order valence-electron chi connectivity index (χ0n) is 17.8. The quantitative estimate of drug-likeness (QED) is 0.367. The van der Waals surface area contributed by atoms with Crippen LogP contribution in [0.4, 0.5) is 53.0 Å². The molecule has 3 rings (SSSR count). The van der Waals surface area contributed by atoms with E-state index in [2.05, 4.69) is 16.0 Å². The van der Waals surface area contributed by atoms with Crippen LogP contribution in [-0.4, -0.2) is 25.2 Å². The summed E-state index contributed by atoms with van der Waals surface area (Å²) < 4.78 is 80.1. The van der Waals surface area contributed by atoms with E-state index in [1.54, 1.807) is 0 Å². The molecule has 0 aliphatic carbocycles. The first-order valence-corrected chi connectivity index (χ1v) is 10.0. The van der Waals surface area contributed by atoms with E-state index in [9.17, 15) is 35.9 Å². The van der Waals surface area contributed by atoms with Crippen molar-refractivity contribution in [1.29, 1.82) is 0 Å². The fourth-order valence-corrected chi connectivity index (χ4v) is 2.98. The molecule has 0 aromatic heterocycles. The predicted molar refractivity (Wildman–Crippen MR) is 118 cm³/mol. The van der Waals surface area contributed by atoms with E-state index in [0.29, 0.717) is 6.07 Å². The molecule has 0 saturated carbocycles. The van der Waals surface area contributed by atoms with Crippen molar-refractivity contribution in [1.82, 2.24) is 5.32 Å². The number of halogens is 6. The van der Waals surface area contributed by atoms with Crippen LogP contribution in [0.1, 0.15) is 5.56 Å². The number of carbonyl (C=O) groups is 2. The summed E-state index contributed by atoms with van der Waals surface area (Å²) in [6, 6.07) is 9.72. The van der Waals surface area contributed by atoms with Gasteiger partial charge in [-0.25, -0.2) is 22.8 Å². The van der Waals surface area contributed by atoms with Crippen molar-refractivity contribution in [2.75, 3.05) is 28.6 Å². The number of hydrogen-bond acceptors (Lipinski definition) is 2. The smallest absolute Gasteiger partial charge is 0.336 e. The molecule has 3 N–H and O–H groups in total. The van der Waals surface area contributed by atoms with E-state index in [1.807, 2.05) is 0 Å². The van der Waals surface area contributed by atoms with Gasteiger partial charge in [0.05, 0.1) is 16.9 Å². The number of carbonyl (C=O) groups excluding carboxylic acids is 2. The summed E-state index contributed by atoms with van der Waals surface area (Å²) in [7, 11) is 0. The molecule has 0 heterocycles. The predicted octanol–water partition coefficient (Wildman–Crippen LogP) is 5.98. The van der Waals surface area contributed by atoms with Crippen molar-refractivity contribution in [3.05, 3.63) is 89.7 Å². The summed E-state index contributed by atoms with van der Waals surface area (Å²) in [5, 5.41) is 6.74. The Morgan fingerprint density at radius 3 is 2.20 bits per heavy atom. The van der Waals surface area contributed by atoms with Gasteiger partial charge >= 0.3 is 18.2 Å². The third-order valence-corrected chi connectivity index (χ3v) is 4.65. The molecule has 0 bridgehead atoms. The number of rotatable bonds is 6. The summed E-state index contributed by atoms with van der Waals surface area (Å²) >= 11 is 0. The zero-order valence-corrected chi connectivity index (χ0v) is 17.8. The summed E-state index contributed by atoms with van der Waals surface area (Å²) in [5.41, 5.74) is -1.69. The minimum Gasteiger partial charge on any atom is -0.336 e. The van der Waals surface area contributed by atoms with Crippen LogP contribution in [0.3, 0.4) is 0 Å².